The minimum atomic E-state index is -3.98. The van der Waals surface area contributed by atoms with Crippen molar-refractivity contribution in [2.24, 2.45) is 5.92 Å². The fraction of sp³-hybridized carbons (Fsp3) is 0.219. The van der Waals surface area contributed by atoms with Gasteiger partial charge in [0.15, 0.2) is 0 Å². The number of rotatable bonds is 11. The molecule has 4 aromatic carbocycles. The van der Waals surface area contributed by atoms with Crippen LogP contribution < -0.4 is 14.4 Å². The number of carbonyl (C=O) groups is 1. The van der Waals surface area contributed by atoms with E-state index in [1.165, 1.54) is 4.31 Å². The van der Waals surface area contributed by atoms with Gasteiger partial charge in [-0.15, -0.1) is 0 Å². The summed E-state index contributed by atoms with van der Waals surface area (Å²) in [6.07, 6.45) is 0.719. The average Bonchev–Trinajstić information content (AvgIpc) is 2.96. The Balaban J connectivity index is 1.74. The molecule has 0 aromatic heterocycles. The molecule has 0 saturated heterocycles. The van der Waals surface area contributed by atoms with Crippen LogP contribution in [0.2, 0.25) is 0 Å². The second-order valence-corrected chi connectivity index (χ2v) is 11.6. The van der Waals surface area contributed by atoms with Gasteiger partial charge in [-0.25, -0.2) is 8.42 Å². The molecular weight excluding hydrogens is 508 g/mol. The van der Waals surface area contributed by atoms with Gasteiger partial charge < -0.3 is 10.1 Å². The molecule has 6 nitrogen and oxygen atoms in total. The lowest BCUT2D eigenvalue weighted by atomic mass is 9.96. The zero-order valence-corrected chi connectivity index (χ0v) is 23.3. The van der Waals surface area contributed by atoms with Crippen LogP contribution in [0.3, 0.4) is 0 Å². The van der Waals surface area contributed by atoms with Crippen molar-refractivity contribution in [3.05, 3.63) is 126 Å². The van der Waals surface area contributed by atoms with E-state index in [0.717, 1.165) is 23.3 Å². The maximum atomic E-state index is 13.9. The monoisotopic (exact) mass is 542 g/mol. The fourth-order valence-corrected chi connectivity index (χ4v) is 5.97. The fourth-order valence-electron chi connectivity index (χ4n) is 4.47. The van der Waals surface area contributed by atoms with Crippen LogP contribution in [-0.2, 0) is 16.6 Å². The van der Waals surface area contributed by atoms with E-state index in [2.05, 4.69) is 19.2 Å². The van der Waals surface area contributed by atoms with Crippen LogP contribution in [0.1, 0.15) is 47.8 Å². The average molecular weight is 543 g/mol. The number of hydrogen-bond donors (Lipinski definition) is 1. The molecule has 0 saturated carbocycles. The SMILES string of the molecule is COc1ccc([C@@H](CC(C)C)NC(=O)c2ccccc2N(Cc2ccccc2)S(=O)(=O)c2ccccc2)cc1. The maximum Gasteiger partial charge on any atom is 0.264 e. The summed E-state index contributed by atoms with van der Waals surface area (Å²) in [5, 5.41) is 3.17. The van der Waals surface area contributed by atoms with E-state index in [9.17, 15) is 13.2 Å². The molecule has 7 heteroatoms. The lowest BCUT2D eigenvalue weighted by Gasteiger charge is -2.28. The van der Waals surface area contributed by atoms with E-state index in [1.54, 1.807) is 61.7 Å². The van der Waals surface area contributed by atoms with Gasteiger partial charge in [0.25, 0.3) is 15.9 Å². The number of para-hydroxylation sites is 1. The van der Waals surface area contributed by atoms with Crippen molar-refractivity contribution < 1.29 is 17.9 Å². The predicted molar refractivity (Wildman–Crippen MR) is 155 cm³/mol. The molecule has 0 unspecified atom stereocenters. The number of benzene rings is 4. The highest BCUT2D eigenvalue weighted by Gasteiger charge is 2.29. The van der Waals surface area contributed by atoms with E-state index >= 15 is 0 Å². The Hall–Kier alpha value is -4.10. The van der Waals surface area contributed by atoms with Gasteiger partial charge >= 0.3 is 0 Å². The summed E-state index contributed by atoms with van der Waals surface area (Å²) >= 11 is 0. The molecule has 0 aliphatic heterocycles. The first-order chi connectivity index (χ1) is 18.8. The second kappa shape index (κ2) is 12.6. The summed E-state index contributed by atoms with van der Waals surface area (Å²) in [7, 11) is -2.36. The van der Waals surface area contributed by atoms with Crippen LogP contribution in [0.4, 0.5) is 5.69 Å². The molecular formula is C32H34N2O4S. The maximum absolute atomic E-state index is 13.9. The highest BCUT2D eigenvalue weighted by atomic mass is 32.2. The first-order valence-corrected chi connectivity index (χ1v) is 14.4. The van der Waals surface area contributed by atoms with Crippen LogP contribution >= 0.6 is 0 Å². The Labute approximate surface area is 231 Å². The number of hydrogen-bond acceptors (Lipinski definition) is 4. The van der Waals surface area contributed by atoms with E-state index in [-0.39, 0.29) is 29.0 Å². The first kappa shape index (κ1) is 27.9. The second-order valence-electron chi connectivity index (χ2n) is 9.76. The highest BCUT2D eigenvalue weighted by Crippen LogP contribution is 2.31. The summed E-state index contributed by atoms with van der Waals surface area (Å²) in [5.41, 5.74) is 2.37. The first-order valence-electron chi connectivity index (χ1n) is 12.9. The molecule has 0 spiro atoms. The third-order valence-corrected chi connectivity index (χ3v) is 8.22. The third kappa shape index (κ3) is 6.86. The number of anilines is 1. The van der Waals surface area contributed by atoms with Crippen molar-refractivity contribution >= 4 is 21.6 Å². The van der Waals surface area contributed by atoms with Crippen LogP contribution in [0.5, 0.6) is 5.75 Å². The van der Waals surface area contributed by atoms with Gasteiger partial charge in [-0.1, -0.05) is 86.6 Å². The molecule has 0 heterocycles. The van der Waals surface area contributed by atoms with Crippen molar-refractivity contribution in [2.45, 2.75) is 37.8 Å². The lowest BCUT2D eigenvalue weighted by molar-refractivity contribution is 0.0932. The Morgan fingerprint density at radius 1 is 0.821 bits per heavy atom. The van der Waals surface area contributed by atoms with Crippen molar-refractivity contribution in [1.82, 2.24) is 5.32 Å². The minimum Gasteiger partial charge on any atom is -0.497 e. The van der Waals surface area contributed by atoms with Gasteiger partial charge in [-0.2, -0.15) is 0 Å². The molecule has 202 valence electrons. The van der Waals surface area contributed by atoms with Gasteiger partial charge in [0, 0.05) is 0 Å². The smallest absolute Gasteiger partial charge is 0.264 e. The van der Waals surface area contributed by atoms with E-state index in [4.69, 9.17) is 4.74 Å². The molecule has 0 aliphatic carbocycles. The Bertz CT molecular complexity index is 1470. The van der Waals surface area contributed by atoms with Crippen LogP contribution in [-0.4, -0.2) is 21.4 Å². The van der Waals surface area contributed by atoms with Gasteiger partial charge in [-0.3, -0.25) is 9.10 Å². The molecule has 39 heavy (non-hydrogen) atoms. The summed E-state index contributed by atoms with van der Waals surface area (Å²) in [4.78, 5) is 14.0. The normalized spacial score (nSPS) is 12.1. The van der Waals surface area contributed by atoms with Gasteiger partial charge in [-0.05, 0) is 59.9 Å². The van der Waals surface area contributed by atoms with Crippen LogP contribution in [0.25, 0.3) is 0 Å². The van der Waals surface area contributed by atoms with E-state index < -0.39 is 10.0 Å². The molecule has 0 bridgehead atoms. The largest absolute Gasteiger partial charge is 0.497 e. The van der Waals surface area contributed by atoms with Gasteiger partial charge in [0.05, 0.1) is 35.8 Å². The highest BCUT2D eigenvalue weighted by molar-refractivity contribution is 7.92. The number of amides is 1. The molecule has 0 aliphatic rings. The molecule has 1 amide bonds. The number of nitrogens with zero attached hydrogens (tertiary/aromatic N) is 1. The predicted octanol–water partition coefficient (Wildman–Crippen LogP) is 6.61. The zero-order chi connectivity index (χ0) is 27.8. The number of methoxy groups -OCH3 is 1. The summed E-state index contributed by atoms with van der Waals surface area (Å²) < 4.78 is 34.5. The topological polar surface area (TPSA) is 75.7 Å². The van der Waals surface area contributed by atoms with Crippen LogP contribution in [0.15, 0.2) is 114 Å². The molecule has 1 atom stereocenters. The van der Waals surface area contributed by atoms with Crippen molar-refractivity contribution in [1.29, 1.82) is 0 Å². The minimum absolute atomic E-state index is 0.0796. The van der Waals surface area contributed by atoms with Crippen molar-refractivity contribution in [3.8, 4) is 5.75 Å². The Kier molecular flexibility index (Phi) is 9.04. The van der Waals surface area contributed by atoms with E-state index in [0.29, 0.717) is 11.6 Å². The molecule has 0 radical (unpaired) electrons. The van der Waals surface area contributed by atoms with Crippen molar-refractivity contribution in [3.63, 3.8) is 0 Å². The molecule has 4 rings (SSSR count). The molecule has 1 N–H and O–H groups in total. The third-order valence-electron chi connectivity index (χ3n) is 6.45. The lowest BCUT2D eigenvalue weighted by Crippen LogP contribution is -2.35. The summed E-state index contributed by atoms with van der Waals surface area (Å²) in [5.74, 6) is 0.718. The number of ether oxygens (including phenoxy) is 1. The Morgan fingerprint density at radius 2 is 1.41 bits per heavy atom. The van der Waals surface area contributed by atoms with Gasteiger partial charge in [0.1, 0.15) is 5.75 Å². The standard InChI is InChI=1S/C32H34N2O4S/c1-24(2)22-30(26-18-20-27(38-3)21-19-26)33-32(35)29-16-10-11-17-31(29)34(23-25-12-6-4-7-13-25)39(36,37)28-14-8-5-9-15-28/h4-21,24,30H,22-23H2,1-3H3,(H,33,35)/t30-/m1/s1. The zero-order valence-electron chi connectivity index (χ0n) is 22.4. The number of nitrogens with one attached hydrogen (secondary N) is 1. The summed E-state index contributed by atoms with van der Waals surface area (Å²) in [6, 6.07) is 31.9. The van der Waals surface area contributed by atoms with Gasteiger partial charge in [0.2, 0.25) is 0 Å². The van der Waals surface area contributed by atoms with E-state index in [1.807, 2.05) is 54.6 Å². The number of sulfonamides is 1. The molecule has 0 fully saturated rings. The van der Waals surface area contributed by atoms with Crippen LogP contribution in [0, 0.1) is 5.92 Å². The Morgan fingerprint density at radius 3 is 2.03 bits per heavy atom. The quantitative estimate of drug-likeness (QED) is 0.231. The number of carbonyl (C=O) groups excluding carboxylic acids is 1. The van der Waals surface area contributed by atoms with Crippen molar-refractivity contribution in [2.75, 3.05) is 11.4 Å². The summed E-state index contributed by atoms with van der Waals surface area (Å²) in [6.45, 7) is 4.28. The molecule has 4 aromatic rings.